The first kappa shape index (κ1) is 17.9. The van der Waals surface area contributed by atoms with E-state index in [1.54, 1.807) is 6.92 Å². The maximum Gasteiger partial charge on any atom is 0.311 e. The van der Waals surface area contributed by atoms with Crippen LogP contribution in [0.15, 0.2) is 24.3 Å². The number of para-hydroxylation sites is 1. The molecule has 1 aromatic carbocycles. The SMILES string of the molecule is COC(=O)[C@@H]1C[C@@]23CCC[N@@+]4(C)CC[C@@]5(c6ccccc6N(C(C)=O)[C@]15CC2)[C@@H]34. The minimum absolute atomic E-state index is 0.0644. The molecule has 5 heteroatoms. The Morgan fingerprint density at radius 1 is 1.14 bits per heavy atom. The molecule has 29 heavy (non-hydrogen) atoms. The van der Waals surface area contributed by atoms with Crippen molar-refractivity contribution in [3.05, 3.63) is 29.8 Å². The second-order valence-electron chi connectivity index (χ2n) is 10.6. The van der Waals surface area contributed by atoms with Crippen molar-refractivity contribution in [1.29, 1.82) is 0 Å². The van der Waals surface area contributed by atoms with Crippen molar-refractivity contribution in [2.24, 2.45) is 11.3 Å². The summed E-state index contributed by atoms with van der Waals surface area (Å²) in [6.07, 6.45) is 6.42. The Morgan fingerprint density at radius 3 is 2.69 bits per heavy atom. The van der Waals surface area contributed by atoms with Gasteiger partial charge in [0, 0.05) is 24.4 Å². The van der Waals surface area contributed by atoms with Crippen LogP contribution in [-0.4, -0.2) is 55.2 Å². The van der Waals surface area contributed by atoms with Crippen LogP contribution >= 0.6 is 0 Å². The van der Waals surface area contributed by atoms with Crippen LogP contribution in [0, 0.1) is 11.3 Å². The molecule has 154 valence electrons. The molecule has 0 unspecified atom stereocenters. The average Bonchev–Trinajstić information content (AvgIpc) is 3.19. The standard InChI is InChI=1S/C24H31N2O3/c1-16(27)25-19-8-5-4-7-17(19)23-12-14-26(2)13-6-9-22(21(23)26)10-11-24(23,25)18(15-22)20(28)29-3/h4-5,7-8,18,21H,6,9-15H2,1-3H3/q+1/t18-,21+,22+,23+,24+,26-/m0/s1. The molecule has 3 heterocycles. The Kier molecular flexibility index (Phi) is 3.24. The third-order valence-corrected chi connectivity index (χ3v) is 9.82. The number of anilines is 1. The molecule has 2 saturated heterocycles. The number of methoxy groups -OCH3 is 1. The fraction of sp³-hybridized carbons (Fsp3) is 0.667. The second kappa shape index (κ2) is 5.23. The summed E-state index contributed by atoms with van der Waals surface area (Å²) in [7, 11) is 3.96. The van der Waals surface area contributed by atoms with Crippen LogP contribution in [0.3, 0.4) is 0 Å². The summed E-state index contributed by atoms with van der Waals surface area (Å²) in [5.41, 5.74) is 1.94. The summed E-state index contributed by atoms with van der Waals surface area (Å²) in [4.78, 5) is 28.5. The highest BCUT2D eigenvalue weighted by atomic mass is 16.5. The van der Waals surface area contributed by atoms with Crippen molar-refractivity contribution in [2.75, 3.05) is 32.1 Å². The minimum atomic E-state index is -0.477. The van der Waals surface area contributed by atoms with E-state index in [1.165, 1.54) is 32.1 Å². The number of carbonyl (C=O) groups is 2. The van der Waals surface area contributed by atoms with Crippen molar-refractivity contribution in [3.63, 3.8) is 0 Å². The number of benzene rings is 1. The van der Waals surface area contributed by atoms with Gasteiger partial charge in [0.05, 0.1) is 44.1 Å². The first-order valence-corrected chi connectivity index (χ1v) is 11.2. The molecule has 3 saturated carbocycles. The van der Waals surface area contributed by atoms with Gasteiger partial charge in [-0.3, -0.25) is 9.59 Å². The van der Waals surface area contributed by atoms with Gasteiger partial charge in [0.1, 0.15) is 6.04 Å². The van der Waals surface area contributed by atoms with Gasteiger partial charge in [-0.2, -0.15) is 0 Å². The number of fused-ring (bicyclic) bond motifs is 3. The van der Waals surface area contributed by atoms with E-state index >= 15 is 0 Å². The Balaban J connectivity index is 1.72. The molecule has 3 spiro atoms. The van der Waals surface area contributed by atoms with Gasteiger partial charge >= 0.3 is 5.97 Å². The molecule has 0 aromatic heterocycles. The first-order valence-electron chi connectivity index (χ1n) is 11.2. The minimum Gasteiger partial charge on any atom is -0.469 e. The van der Waals surface area contributed by atoms with Gasteiger partial charge in [-0.1, -0.05) is 18.2 Å². The Morgan fingerprint density at radius 2 is 1.93 bits per heavy atom. The van der Waals surface area contributed by atoms with Crippen LogP contribution in [-0.2, 0) is 19.7 Å². The molecule has 6 atom stereocenters. The number of esters is 1. The average molecular weight is 396 g/mol. The van der Waals surface area contributed by atoms with Gasteiger partial charge in [-0.25, -0.2) is 0 Å². The van der Waals surface area contributed by atoms with Gasteiger partial charge in [0.15, 0.2) is 0 Å². The maximum atomic E-state index is 13.3. The topological polar surface area (TPSA) is 46.6 Å². The largest absolute Gasteiger partial charge is 0.469 e. The zero-order chi connectivity index (χ0) is 20.2. The zero-order valence-corrected chi connectivity index (χ0v) is 17.7. The molecule has 7 rings (SSSR count). The van der Waals surface area contributed by atoms with Crippen molar-refractivity contribution in [2.45, 2.75) is 62.4 Å². The third-order valence-electron chi connectivity index (χ3n) is 9.82. The van der Waals surface area contributed by atoms with E-state index in [4.69, 9.17) is 4.74 Å². The number of amides is 1. The number of nitrogens with zero attached hydrogens (tertiary/aromatic N) is 2. The predicted molar refractivity (Wildman–Crippen MR) is 109 cm³/mol. The molecule has 1 aromatic rings. The lowest BCUT2D eigenvalue weighted by Crippen LogP contribution is -2.81. The molecule has 0 radical (unpaired) electrons. The van der Waals surface area contributed by atoms with Crippen LogP contribution in [0.4, 0.5) is 5.69 Å². The molecule has 0 N–H and O–H groups in total. The van der Waals surface area contributed by atoms with Gasteiger partial charge in [0.25, 0.3) is 0 Å². The highest BCUT2D eigenvalue weighted by molar-refractivity contribution is 5.99. The van der Waals surface area contributed by atoms with E-state index in [-0.39, 0.29) is 28.6 Å². The van der Waals surface area contributed by atoms with Gasteiger partial charge in [-0.05, 0) is 43.7 Å². The lowest BCUT2D eigenvalue weighted by atomic mass is 9.38. The third kappa shape index (κ3) is 1.68. The molecule has 3 aliphatic carbocycles. The quantitative estimate of drug-likeness (QED) is 0.542. The number of rotatable bonds is 1. The highest BCUT2D eigenvalue weighted by Crippen LogP contribution is 2.77. The number of piperidine rings is 1. The molecular weight excluding hydrogens is 364 g/mol. The highest BCUT2D eigenvalue weighted by Gasteiger charge is 2.85. The number of likely N-dealkylation sites (N-methyl/N-ethyl adjacent to an activating group) is 1. The summed E-state index contributed by atoms with van der Waals surface area (Å²) in [5, 5.41) is 0. The van der Waals surface area contributed by atoms with Crippen LogP contribution in [0.1, 0.15) is 51.0 Å². The summed E-state index contributed by atoms with van der Waals surface area (Å²) >= 11 is 0. The van der Waals surface area contributed by atoms with Crippen molar-refractivity contribution < 1.29 is 18.8 Å². The van der Waals surface area contributed by atoms with Gasteiger partial charge in [0.2, 0.25) is 5.91 Å². The van der Waals surface area contributed by atoms with E-state index in [0.717, 1.165) is 42.4 Å². The summed E-state index contributed by atoms with van der Waals surface area (Å²) in [5.74, 6) is -0.291. The fourth-order valence-corrected chi connectivity index (χ4v) is 9.45. The Bertz CT molecular complexity index is 946. The Labute approximate surface area is 172 Å². The number of hydrogen-bond acceptors (Lipinski definition) is 3. The summed E-state index contributed by atoms with van der Waals surface area (Å²) < 4.78 is 6.50. The van der Waals surface area contributed by atoms with Crippen molar-refractivity contribution in [1.82, 2.24) is 0 Å². The van der Waals surface area contributed by atoms with Gasteiger partial charge in [-0.15, -0.1) is 0 Å². The van der Waals surface area contributed by atoms with E-state index in [1.807, 2.05) is 6.07 Å². The number of hydrogen-bond donors (Lipinski definition) is 0. The molecule has 6 aliphatic rings. The van der Waals surface area contributed by atoms with Crippen molar-refractivity contribution >= 4 is 17.6 Å². The maximum absolute atomic E-state index is 13.3. The van der Waals surface area contributed by atoms with Crippen LogP contribution in [0.5, 0.6) is 0 Å². The molecule has 5 nitrogen and oxygen atoms in total. The fourth-order valence-electron chi connectivity index (χ4n) is 9.45. The van der Waals surface area contributed by atoms with E-state index in [0.29, 0.717) is 6.04 Å². The van der Waals surface area contributed by atoms with Gasteiger partial charge < -0.3 is 14.1 Å². The normalized spacial score (nSPS) is 46.1. The van der Waals surface area contributed by atoms with Crippen molar-refractivity contribution in [3.8, 4) is 0 Å². The summed E-state index contributed by atoms with van der Waals surface area (Å²) in [6.45, 7) is 4.04. The van der Waals surface area contributed by atoms with E-state index < -0.39 is 5.54 Å². The van der Waals surface area contributed by atoms with Crippen LogP contribution in [0.25, 0.3) is 0 Å². The van der Waals surface area contributed by atoms with Crippen LogP contribution in [0.2, 0.25) is 0 Å². The molecular formula is C24H31N2O3+. The number of quaternary nitrogens is 1. The lowest BCUT2D eigenvalue weighted by Gasteiger charge is -2.70. The van der Waals surface area contributed by atoms with E-state index in [9.17, 15) is 9.59 Å². The van der Waals surface area contributed by atoms with Crippen LogP contribution < -0.4 is 4.90 Å². The molecule has 5 fully saturated rings. The monoisotopic (exact) mass is 395 g/mol. The number of ether oxygens (including phenoxy) is 1. The lowest BCUT2D eigenvalue weighted by molar-refractivity contribution is -0.939. The Hall–Kier alpha value is -1.88. The predicted octanol–water partition coefficient (Wildman–Crippen LogP) is 3.02. The molecule has 3 aliphatic heterocycles. The zero-order valence-electron chi connectivity index (χ0n) is 17.7. The van der Waals surface area contributed by atoms with E-state index in [2.05, 4.69) is 30.1 Å². The first-order chi connectivity index (χ1) is 13.9. The second-order valence-corrected chi connectivity index (χ2v) is 10.6. The number of carbonyl (C=O) groups excluding carboxylic acids is 2. The smallest absolute Gasteiger partial charge is 0.311 e. The molecule has 2 bridgehead atoms. The summed E-state index contributed by atoms with van der Waals surface area (Å²) in [6, 6.07) is 9.02. The molecule has 1 amide bonds.